The Bertz CT molecular complexity index is 884. The lowest BCUT2D eigenvalue weighted by Gasteiger charge is -2.28. The molecule has 2 atom stereocenters. The van der Waals surface area contributed by atoms with E-state index in [9.17, 15) is 14.7 Å². The summed E-state index contributed by atoms with van der Waals surface area (Å²) in [6.45, 7) is 0. The number of carbonyl (C=O) groups is 2. The van der Waals surface area contributed by atoms with Crippen molar-refractivity contribution in [2.75, 3.05) is 0 Å². The minimum Gasteiger partial charge on any atom is -0.550 e. The average molecular weight is 400 g/mol. The Labute approximate surface area is 165 Å². The Kier molecular flexibility index (Phi) is 5.22. The van der Waals surface area contributed by atoms with Crippen molar-refractivity contribution in [1.29, 1.82) is 0 Å². The minimum atomic E-state index is -1.21. The highest BCUT2D eigenvalue weighted by atomic mass is 32.1. The molecule has 1 amide bonds. The summed E-state index contributed by atoms with van der Waals surface area (Å²) in [6, 6.07) is 7.98. The molecule has 140 valence electrons. The van der Waals surface area contributed by atoms with Crippen LogP contribution < -0.4 is 5.11 Å². The normalized spacial score (nSPS) is 23.3. The molecule has 0 bridgehead atoms. The van der Waals surface area contributed by atoms with Gasteiger partial charge in [-0.3, -0.25) is 4.79 Å². The highest BCUT2D eigenvalue weighted by Crippen LogP contribution is 2.45. The molecule has 7 heteroatoms. The number of nitrogens with zero attached hydrogens (tertiary/aromatic N) is 2. The second-order valence-corrected chi connectivity index (χ2v) is 8.70. The number of allylic oxidation sites excluding steroid dienone is 1. The monoisotopic (exact) mass is 399 g/mol. The topological polar surface area (TPSA) is 72.8 Å². The summed E-state index contributed by atoms with van der Waals surface area (Å²) >= 11 is 3.30. The van der Waals surface area contributed by atoms with Crippen LogP contribution in [0.1, 0.15) is 47.9 Å². The van der Waals surface area contributed by atoms with E-state index in [-0.39, 0.29) is 30.7 Å². The van der Waals surface area contributed by atoms with E-state index in [0.29, 0.717) is 0 Å². The molecule has 5 nitrogen and oxygen atoms in total. The number of hydrogen-bond donors (Lipinski definition) is 0. The van der Waals surface area contributed by atoms with Crippen molar-refractivity contribution in [3.63, 3.8) is 0 Å². The first kappa shape index (κ1) is 18.1. The number of hydrazone groups is 1. The molecule has 4 rings (SSSR count). The van der Waals surface area contributed by atoms with Crippen molar-refractivity contribution in [3.8, 4) is 0 Å². The Morgan fingerprint density at radius 2 is 2.04 bits per heavy atom. The SMILES string of the molecule is O=C([O-])CCC(=O)N1N=C2/C(=C/c3cccs3)CCC[C@@H]2[C@@H]1c1cccs1. The number of rotatable bonds is 5. The smallest absolute Gasteiger partial charge is 0.243 e. The van der Waals surface area contributed by atoms with Gasteiger partial charge in [0.2, 0.25) is 5.91 Å². The summed E-state index contributed by atoms with van der Waals surface area (Å²) in [5.41, 5.74) is 2.17. The van der Waals surface area contributed by atoms with Crippen LogP contribution in [0, 0.1) is 5.92 Å². The largest absolute Gasteiger partial charge is 0.550 e. The van der Waals surface area contributed by atoms with Crippen molar-refractivity contribution < 1.29 is 14.7 Å². The Morgan fingerprint density at radius 3 is 2.74 bits per heavy atom. The number of carbonyl (C=O) groups excluding carboxylic acids is 2. The van der Waals surface area contributed by atoms with Crippen LogP contribution >= 0.6 is 22.7 Å². The Balaban J connectivity index is 1.68. The highest BCUT2D eigenvalue weighted by molar-refractivity contribution is 7.11. The summed E-state index contributed by atoms with van der Waals surface area (Å²) in [4.78, 5) is 25.8. The maximum Gasteiger partial charge on any atom is 0.243 e. The van der Waals surface area contributed by atoms with Crippen molar-refractivity contribution in [2.45, 2.75) is 38.1 Å². The van der Waals surface area contributed by atoms with Crippen molar-refractivity contribution >= 4 is 46.3 Å². The fourth-order valence-electron chi connectivity index (χ4n) is 3.81. The maximum absolute atomic E-state index is 12.7. The number of thiophene rings is 2. The van der Waals surface area contributed by atoms with Crippen molar-refractivity contribution in [2.24, 2.45) is 11.0 Å². The minimum absolute atomic E-state index is 0.0856. The van der Waals surface area contributed by atoms with E-state index < -0.39 is 5.97 Å². The predicted octanol–water partition coefficient (Wildman–Crippen LogP) is 3.46. The third kappa shape index (κ3) is 3.75. The van der Waals surface area contributed by atoms with Crippen LogP contribution in [0.2, 0.25) is 0 Å². The third-order valence-electron chi connectivity index (χ3n) is 4.99. The van der Waals surface area contributed by atoms with Crippen LogP contribution in [-0.4, -0.2) is 22.6 Å². The van der Waals surface area contributed by atoms with Gasteiger partial charge in [0.15, 0.2) is 0 Å². The lowest BCUT2D eigenvalue weighted by molar-refractivity contribution is -0.305. The number of fused-ring (bicyclic) bond motifs is 1. The maximum atomic E-state index is 12.7. The zero-order valence-electron chi connectivity index (χ0n) is 14.7. The van der Waals surface area contributed by atoms with Gasteiger partial charge < -0.3 is 9.90 Å². The van der Waals surface area contributed by atoms with Gasteiger partial charge in [0.05, 0.1) is 11.8 Å². The first-order chi connectivity index (χ1) is 13.1. The molecule has 1 fully saturated rings. The first-order valence-corrected chi connectivity index (χ1v) is 10.8. The number of amides is 1. The van der Waals surface area contributed by atoms with Gasteiger partial charge in [-0.05, 0) is 60.2 Å². The molecule has 1 aliphatic heterocycles. The van der Waals surface area contributed by atoms with Crippen LogP contribution in [0.25, 0.3) is 6.08 Å². The average Bonchev–Trinajstić information content (AvgIpc) is 3.39. The lowest BCUT2D eigenvalue weighted by atomic mass is 9.79. The molecule has 3 heterocycles. The van der Waals surface area contributed by atoms with E-state index in [2.05, 4.69) is 12.1 Å². The predicted molar refractivity (Wildman–Crippen MR) is 105 cm³/mol. The van der Waals surface area contributed by atoms with Crippen molar-refractivity contribution in [3.05, 3.63) is 50.4 Å². The molecule has 0 unspecified atom stereocenters. The molecule has 27 heavy (non-hydrogen) atoms. The van der Waals surface area contributed by atoms with Gasteiger partial charge in [-0.15, -0.1) is 22.7 Å². The lowest BCUT2D eigenvalue weighted by Crippen LogP contribution is -2.32. The standard InChI is InChI=1S/C20H20N2O3S2/c23-17(8-9-18(24)25)22-20(16-7-3-11-27-16)15-6-1-4-13(19(15)21-22)12-14-5-2-10-26-14/h2-3,5,7,10-12,15,20H,1,4,6,8-9H2,(H,24,25)/p-1/b13-12+/t15-,20+/m0/s1. The molecule has 2 aliphatic rings. The molecule has 2 aromatic heterocycles. The fraction of sp³-hybridized carbons (Fsp3) is 0.350. The number of aliphatic carboxylic acids is 1. The first-order valence-electron chi connectivity index (χ1n) is 9.02. The molecule has 0 saturated heterocycles. The van der Waals surface area contributed by atoms with Gasteiger partial charge in [0, 0.05) is 28.1 Å². The molecular weight excluding hydrogens is 380 g/mol. The summed E-state index contributed by atoms with van der Waals surface area (Å²) < 4.78 is 0. The molecule has 0 radical (unpaired) electrons. The van der Waals surface area contributed by atoms with Gasteiger partial charge in [-0.1, -0.05) is 12.1 Å². The van der Waals surface area contributed by atoms with Gasteiger partial charge in [-0.25, -0.2) is 5.01 Å². The van der Waals surface area contributed by atoms with E-state index in [1.54, 1.807) is 22.7 Å². The zero-order valence-corrected chi connectivity index (χ0v) is 16.3. The molecule has 0 N–H and O–H groups in total. The molecule has 2 aromatic rings. The molecule has 0 spiro atoms. The molecule has 0 aromatic carbocycles. The molecule has 1 saturated carbocycles. The molecule has 1 aliphatic carbocycles. The highest BCUT2D eigenvalue weighted by Gasteiger charge is 2.43. The van der Waals surface area contributed by atoms with E-state index >= 15 is 0 Å². The van der Waals surface area contributed by atoms with Crippen LogP contribution in [-0.2, 0) is 9.59 Å². The van der Waals surface area contributed by atoms with Gasteiger partial charge >= 0.3 is 0 Å². The second kappa shape index (κ2) is 7.78. The van der Waals surface area contributed by atoms with E-state index in [1.807, 2.05) is 29.0 Å². The van der Waals surface area contributed by atoms with Crippen LogP contribution in [0.3, 0.4) is 0 Å². The molecular formula is C20H19N2O3S2-. The fourth-order valence-corrected chi connectivity index (χ4v) is 5.37. The Morgan fingerprint density at radius 1 is 1.22 bits per heavy atom. The summed E-state index contributed by atoms with van der Waals surface area (Å²) in [5.74, 6) is -1.30. The van der Waals surface area contributed by atoms with E-state index in [0.717, 1.165) is 29.9 Å². The van der Waals surface area contributed by atoms with Crippen LogP contribution in [0.15, 0.2) is 45.7 Å². The summed E-state index contributed by atoms with van der Waals surface area (Å²) in [5, 5.41) is 21.1. The summed E-state index contributed by atoms with van der Waals surface area (Å²) in [6.07, 6.45) is 4.80. The third-order valence-corrected chi connectivity index (χ3v) is 6.76. The number of carboxylic acid groups (broad SMARTS) is 1. The Hall–Kier alpha value is -2.25. The zero-order chi connectivity index (χ0) is 18.8. The summed E-state index contributed by atoms with van der Waals surface area (Å²) in [7, 11) is 0. The van der Waals surface area contributed by atoms with Crippen LogP contribution in [0.5, 0.6) is 0 Å². The van der Waals surface area contributed by atoms with Crippen LogP contribution in [0.4, 0.5) is 0 Å². The van der Waals surface area contributed by atoms with Gasteiger partial charge in [0.25, 0.3) is 0 Å². The number of carboxylic acids is 1. The van der Waals surface area contributed by atoms with Gasteiger partial charge in [-0.2, -0.15) is 5.10 Å². The van der Waals surface area contributed by atoms with E-state index in [4.69, 9.17) is 5.10 Å². The van der Waals surface area contributed by atoms with E-state index in [1.165, 1.54) is 15.5 Å². The second-order valence-electron chi connectivity index (χ2n) is 6.74. The van der Waals surface area contributed by atoms with Gasteiger partial charge in [0.1, 0.15) is 0 Å². The quantitative estimate of drug-likeness (QED) is 0.773. The van der Waals surface area contributed by atoms with Crippen molar-refractivity contribution in [1.82, 2.24) is 5.01 Å². The number of hydrogen-bond acceptors (Lipinski definition) is 6.